The predicted molar refractivity (Wildman–Crippen MR) is 75.8 cm³/mol. The van der Waals surface area contributed by atoms with Gasteiger partial charge in [-0.15, -0.1) is 0 Å². The van der Waals surface area contributed by atoms with Crippen LogP contribution in [-0.4, -0.2) is 13.3 Å². The lowest BCUT2D eigenvalue weighted by atomic mass is 10.1. The molecule has 92 valence electrons. The third-order valence-electron chi connectivity index (χ3n) is 3.06. The Morgan fingerprint density at radius 2 is 1.72 bits per heavy atom. The van der Waals surface area contributed by atoms with E-state index in [4.69, 9.17) is 0 Å². The highest BCUT2D eigenvalue weighted by Gasteiger charge is 2.09. The molecule has 18 heavy (non-hydrogen) atoms. The number of hydrogen-bond donors (Lipinski definition) is 0. The molecule has 0 unspecified atom stereocenters. The van der Waals surface area contributed by atoms with E-state index < -0.39 is 0 Å². The number of hydrogen-bond acceptors (Lipinski definition) is 2. The topological polar surface area (TPSA) is 20.3 Å². The van der Waals surface area contributed by atoms with Crippen LogP contribution >= 0.6 is 0 Å². The second kappa shape index (κ2) is 5.05. The SMILES string of the molecule is Cc1cccc(N(C)c2ccc(C)cc2C=O)c1. The molecule has 0 amide bonds. The molecular formula is C16H17NO. The van der Waals surface area contributed by atoms with Crippen LogP contribution in [0.25, 0.3) is 0 Å². The molecule has 0 aliphatic heterocycles. The fraction of sp³-hybridized carbons (Fsp3) is 0.188. The number of carbonyl (C=O) groups is 1. The summed E-state index contributed by atoms with van der Waals surface area (Å²) < 4.78 is 0. The molecule has 0 aromatic heterocycles. The summed E-state index contributed by atoms with van der Waals surface area (Å²) in [6.07, 6.45) is 0.911. The molecule has 0 radical (unpaired) electrons. The summed E-state index contributed by atoms with van der Waals surface area (Å²) in [6, 6.07) is 14.2. The highest BCUT2D eigenvalue weighted by molar-refractivity contribution is 5.87. The minimum Gasteiger partial charge on any atom is -0.344 e. The van der Waals surface area contributed by atoms with Gasteiger partial charge in [-0.3, -0.25) is 4.79 Å². The lowest BCUT2D eigenvalue weighted by Crippen LogP contribution is -2.11. The third-order valence-corrected chi connectivity index (χ3v) is 3.06. The fourth-order valence-corrected chi connectivity index (χ4v) is 2.05. The van der Waals surface area contributed by atoms with Crippen LogP contribution in [0, 0.1) is 13.8 Å². The van der Waals surface area contributed by atoms with Gasteiger partial charge in [-0.25, -0.2) is 0 Å². The fourth-order valence-electron chi connectivity index (χ4n) is 2.05. The molecule has 0 bridgehead atoms. The van der Waals surface area contributed by atoms with E-state index >= 15 is 0 Å². The Kier molecular flexibility index (Phi) is 3.47. The molecule has 2 rings (SSSR count). The number of nitrogens with zero attached hydrogens (tertiary/aromatic N) is 1. The molecule has 2 aromatic carbocycles. The van der Waals surface area contributed by atoms with Gasteiger partial charge in [-0.05, 0) is 43.7 Å². The second-order valence-electron chi connectivity index (χ2n) is 4.58. The van der Waals surface area contributed by atoms with Crippen LogP contribution in [0.1, 0.15) is 21.5 Å². The molecule has 0 N–H and O–H groups in total. The Hall–Kier alpha value is -2.09. The van der Waals surface area contributed by atoms with Gasteiger partial charge in [0.05, 0.1) is 5.69 Å². The van der Waals surface area contributed by atoms with E-state index in [1.165, 1.54) is 5.56 Å². The number of aldehydes is 1. The van der Waals surface area contributed by atoms with Crippen LogP contribution in [0.2, 0.25) is 0 Å². The standard InChI is InChI=1S/C16H17NO/c1-12-5-4-6-15(10-12)17(3)16-8-7-13(2)9-14(16)11-18/h4-11H,1-3H3. The van der Waals surface area contributed by atoms with Crippen LogP contribution in [0.4, 0.5) is 11.4 Å². The van der Waals surface area contributed by atoms with Crippen LogP contribution in [-0.2, 0) is 0 Å². The smallest absolute Gasteiger partial charge is 0.152 e. The van der Waals surface area contributed by atoms with E-state index in [1.54, 1.807) is 0 Å². The first-order chi connectivity index (χ1) is 8.61. The lowest BCUT2D eigenvalue weighted by molar-refractivity contribution is 0.112. The molecule has 0 saturated heterocycles. The van der Waals surface area contributed by atoms with E-state index in [9.17, 15) is 4.79 Å². The Labute approximate surface area is 108 Å². The monoisotopic (exact) mass is 239 g/mol. The Morgan fingerprint density at radius 1 is 1.00 bits per heavy atom. The summed E-state index contributed by atoms with van der Waals surface area (Å²) in [4.78, 5) is 13.2. The maximum atomic E-state index is 11.2. The Bertz CT molecular complexity index is 575. The number of rotatable bonds is 3. The van der Waals surface area contributed by atoms with Gasteiger partial charge in [-0.1, -0.05) is 23.8 Å². The molecule has 0 heterocycles. The van der Waals surface area contributed by atoms with Crippen molar-refractivity contribution in [3.63, 3.8) is 0 Å². The molecular weight excluding hydrogens is 222 g/mol. The van der Waals surface area contributed by atoms with Gasteiger partial charge in [0.25, 0.3) is 0 Å². The molecule has 0 fully saturated rings. The molecule has 2 nitrogen and oxygen atoms in total. The van der Waals surface area contributed by atoms with Crippen molar-refractivity contribution in [2.24, 2.45) is 0 Å². The van der Waals surface area contributed by atoms with E-state index in [-0.39, 0.29) is 0 Å². The average Bonchev–Trinajstić information content (AvgIpc) is 2.37. The summed E-state index contributed by atoms with van der Waals surface area (Å²) in [5.74, 6) is 0. The van der Waals surface area contributed by atoms with Crippen molar-refractivity contribution >= 4 is 17.7 Å². The largest absolute Gasteiger partial charge is 0.344 e. The van der Waals surface area contributed by atoms with Crippen molar-refractivity contribution in [3.05, 3.63) is 59.2 Å². The van der Waals surface area contributed by atoms with Crippen molar-refractivity contribution in [2.75, 3.05) is 11.9 Å². The highest BCUT2D eigenvalue weighted by atomic mass is 16.1. The van der Waals surface area contributed by atoms with Gasteiger partial charge in [0.2, 0.25) is 0 Å². The summed E-state index contributed by atoms with van der Waals surface area (Å²) in [7, 11) is 1.98. The Balaban J connectivity index is 2.45. The zero-order valence-electron chi connectivity index (χ0n) is 11.0. The van der Waals surface area contributed by atoms with Crippen LogP contribution in [0.15, 0.2) is 42.5 Å². The van der Waals surface area contributed by atoms with E-state index in [2.05, 4.69) is 19.1 Å². The van der Waals surface area contributed by atoms with Gasteiger partial charge in [0, 0.05) is 18.3 Å². The molecule has 0 saturated carbocycles. The minimum atomic E-state index is 0.721. The first-order valence-electron chi connectivity index (χ1n) is 5.98. The van der Waals surface area contributed by atoms with Crippen molar-refractivity contribution in [2.45, 2.75) is 13.8 Å². The first-order valence-corrected chi connectivity index (χ1v) is 5.98. The van der Waals surface area contributed by atoms with Crippen molar-refractivity contribution < 1.29 is 4.79 Å². The number of carbonyl (C=O) groups excluding carboxylic acids is 1. The number of benzene rings is 2. The molecule has 0 atom stereocenters. The normalized spacial score (nSPS) is 10.2. The molecule has 0 aliphatic carbocycles. The molecule has 0 spiro atoms. The minimum absolute atomic E-state index is 0.721. The summed E-state index contributed by atoms with van der Waals surface area (Å²) in [5, 5.41) is 0. The zero-order chi connectivity index (χ0) is 13.1. The van der Waals surface area contributed by atoms with Crippen LogP contribution < -0.4 is 4.90 Å². The lowest BCUT2D eigenvalue weighted by Gasteiger charge is -2.21. The highest BCUT2D eigenvalue weighted by Crippen LogP contribution is 2.27. The van der Waals surface area contributed by atoms with E-state index in [0.29, 0.717) is 0 Å². The number of anilines is 2. The molecule has 0 aliphatic rings. The molecule has 2 aromatic rings. The maximum absolute atomic E-state index is 11.2. The predicted octanol–water partition coefficient (Wildman–Crippen LogP) is 3.88. The van der Waals surface area contributed by atoms with E-state index in [0.717, 1.165) is 28.8 Å². The van der Waals surface area contributed by atoms with Crippen LogP contribution in [0.5, 0.6) is 0 Å². The van der Waals surface area contributed by atoms with Gasteiger partial charge >= 0.3 is 0 Å². The zero-order valence-corrected chi connectivity index (χ0v) is 11.0. The second-order valence-corrected chi connectivity index (χ2v) is 4.58. The Morgan fingerprint density at radius 3 is 2.39 bits per heavy atom. The van der Waals surface area contributed by atoms with Crippen molar-refractivity contribution in [1.29, 1.82) is 0 Å². The average molecular weight is 239 g/mol. The van der Waals surface area contributed by atoms with Crippen molar-refractivity contribution in [3.8, 4) is 0 Å². The van der Waals surface area contributed by atoms with Gasteiger partial charge in [-0.2, -0.15) is 0 Å². The van der Waals surface area contributed by atoms with Crippen LogP contribution in [0.3, 0.4) is 0 Å². The third kappa shape index (κ3) is 2.43. The maximum Gasteiger partial charge on any atom is 0.152 e. The number of aryl methyl sites for hydroxylation is 2. The van der Waals surface area contributed by atoms with Gasteiger partial charge < -0.3 is 4.90 Å². The first kappa shape index (κ1) is 12.4. The quantitative estimate of drug-likeness (QED) is 0.757. The summed E-state index contributed by atoms with van der Waals surface area (Å²) in [5.41, 5.74) is 5.04. The van der Waals surface area contributed by atoms with Crippen molar-refractivity contribution in [1.82, 2.24) is 0 Å². The summed E-state index contributed by atoms with van der Waals surface area (Å²) >= 11 is 0. The molecule has 2 heteroatoms. The summed E-state index contributed by atoms with van der Waals surface area (Å²) in [6.45, 7) is 4.05. The van der Waals surface area contributed by atoms with Gasteiger partial charge in [0.15, 0.2) is 6.29 Å². The van der Waals surface area contributed by atoms with Gasteiger partial charge in [0.1, 0.15) is 0 Å². The van der Waals surface area contributed by atoms with E-state index in [1.807, 2.05) is 49.2 Å².